The summed E-state index contributed by atoms with van der Waals surface area (Å²) in [5.41, 5.74) is 6.22. The van der Waals surface area contributed by atoms with Crippen LogP contribution in [-0.4, -0.2) is 31.6 Å². The number of allylic oxidation sites excluding steroid dienone is 1. The van der Waals surface area contributed by atoms with Crippen molar-refractivity contribution in [3.05, 3.63) is 68.6 Å². The van der Waals surface area contributed by atoms with Crippen molar-refractivity contribution in [2.45, 2.75) is 26.1 Å². The first kappa shape index (κ1) is 17.7. The molecule has 150 valence electrons. The number of nitrogens with one attached hydrogen (secondary N) is 1. The zero-order valence-corrected chi connectivity index (χ0v) is 17.4. The third-order valence-electron chi connectivity index (χ3n) is 5.92. The lowest BCUT2D eigenvalue weighted by Gasteiger charge is -2.09. The van der Waals surface area contributed by atoms with Crippen molar-refractivity contribution in [2.24, 2.45) is 12.0 Å². The number of hydrogen-bond donors (Lipinski definition) is 1. The van der Waals surface area contributed by atoms with E-state index in [1.807, 2.05) is 17.8 Å². The molecule has 7 nitrogen and oxygen atoms in total. The first-order valence-electron chi connectivity index (χ1n) is 10.0. The van der Waals surface area contributed by atoms with Crippen molar-refractivity contribution in [1.82, 2.24) is 24.6 Å². The van der Waals surface area contributed by atoms with Crippen molar-refractivity contribution >= 4 is 38.3 Å². The van der Waals surface area contributed by atoms with E-state index in [-0.39, 0.29) is 5.56 Å². The van der Waals surface area contributed by atoms with Crippen LogP contribution in [0.5, 0.6) is 0 Å². The van der Waals surface area contributed by atoms with Gasteiger partial charge >= 0.3 is 0 Å². The van der Waals surface area contributed by atoms with Gasteiger partial charge in [-0.15, -0.1) is 11.3 Å². The third kappa shape index (κ3) is 2.68. The largest absolute Gasteiger partial charge is 0.323 e. The third-order valence-corrected chi connectivity index (χ3v) is 7.00. The van der Waals surface area contributed by atoms with Gasteiger partial charge in [0.15, 0.2) is 5.65 Å². The van der Waals surface area contributed by atoms with E-state index in [0.29, 0.717) is 12.1 Å². The molecule has 0 spiro atoms. The predicted molar refractivity (Wildman–Crippen MR) is 119 cm³/mol. The second kappa shape index (κ2) is 6.72. The first-order valence-corrected chi connectivity index (χ1v) is 10.8. The molecule has 30 heavy (non-hydrogen) atoms. The quantitative estimate of drug-likeness (QED) is 0.555. The fourth-order valence-electron chi connectivity index (χ4n) is 4.41. The van der Waals surface area contributed by atoms with E-state index in [2.05, 4.69) is 45.8 Å². The van der Waals surface area contributed by atoms with Gasteiger partial charge in [-0.3, -0.25) is 9.79 Å². The van der Waals surface area contributed by atoms with Crippen LogP contribution in [0.2, 0.25) is 0 Å². The van der Waals surface area contributed by atoms with Crippen LogP contribution in [0.4, 0.5) is 0 Å². The van der Waals surface area contributed by atoms with Crippen LogP contribution in [0.15, 0.2) is 46.3 Å². The molecule has 0 aliphatic carbocycles. The van der Waals surface area contributed by atoms with Crippen LogP contribution in [0.25, 0.3) is 21.3 Å². The Morgan fingerprint density at radius 2 is 2.20 bits per heavy atom. The lowest BCUT2D eigenvalue weighted by molar-refractivity contribution is 0.639. The molecule has 0 amide bonds. The van der Waals surface area contributed by atoms with Gasteiger partial charge in [-0.25, -0.2) is 9.67 Å². The Bertz CT molecular complexity index is 1440. The Morgan fingerprint density at radius 1 is 1.27 bits per heavy atom. The fourth-order valence-corrected chi connectivity index (χ4v) is 5.54. The second-order valence-electron chi connectivity index (χ2n) is 7.76. The molecule has 2 aliphatic heterocycles. The number of rotatable bonds is 4. The Kier molecular flexibility index (Phi) is 3.97. The van der Waals surface area contributed by atoms with E-state index >= 15 is 0 Å². The maximum atomic E-state index is 13.3. The molecule has 0 fully saturated rings. The second-order valence-corrected chi connectivity index (χ2v) is 8.84. The maximum absolute atomic E-state index is 13.3. The molecule has 0 saturated heterocycles. The molecule has 0 saturated carbocycles. The van der Waals surface area contributed by atoms with Crippen LogP contribution >= 0.6 is 11.3 Å². The monoisotopic (exact) mass is 416 g/mol. The molecule has 0 bridgehead atoms. The number of nitrogens with zero attached hydrogens (tertiary/aromatic N) is 5. The molecule has 4 aromatic rings. The molecule has 0 unspecified atom stereocenters. The summed E-state index contributed by atoms with van der Waals surface area (Å²) in [6.45, 7) is 2.96. The molecule has 3 aromatic heterocycles. The Hall–Kier alpha value is -3.10. The fraction of sp³-hybridized carbons (Fsp3) is 0.273. The summed E-state index contributed by atoms with van der Waals surface area (Å²) in [4.78, 5) is 22.6. The molecular formula is C22H20N6OS. The lowest BCUT2D eigenvalue weighted by atomic mass is 10.0. The smallest absolute Gasteiger partial charge is 0.291 e. The van der Waals surface area contributed by atoms with Gasteiger partial charge in [-0.2, -0.15) is 5.10 Å². The molecule has 8 heteroatoms. The van der Waals surface area contributed by atoms with Crippen LogP contribution in [0.3, 0.4) is 0 Å². The molecule has 6 rings (SSSR count). The Balaban J connectivity index is 1.42. The highest BCUT2D eigenvalue weighted by Crippen LogP contribution is 2.31. The Morgan fingerprint density at radius 3 is 3.07 bits per heavy atom. The van der Waals surface area contributed by atoms with Crippen molar-refractivity contribution in [3.8, 4) is 0 Å². The van der Waals surface area contributed by atoms with Gasteiger partial charge in [0.2, 0.25) is 0 Å². The van der Waals surface area contributed by atoms with Gasteiger partial charge in [0.25, 0.3) is 5.56 Å². The average Bonchev–Trinajstić information content (AvgIpc) is 3.52. The molecular weight excluding hydrogens is 396 g/mol. The van der Waals surface area contributed by atoms with Crippen LogP contribution in [-0.2, 0) is 33.1 Å². The molecule has 1 N–H and O–H groups in total. The predicted octanol–water partition coefficient (Wildman–Crippen LogP) is 2.55. The van der Waals surface area contributed by atoms with Crippen LogP contribution in [0.1, 0.15) is 21.7 Å². The summed E-state index contributed by atoms with van der Waals surface area (Å²) in [5, 5.41) is 9.79. The van der Waals surface area contributed by atoms with Crippen molar-refractivity contribution in [1.29, 1.82) is 0 Å². The molecule has 1 aromatic carbocycles. The minimum atomic E-state index is -0.0755. The molecule has 2 aliphatic rings. The standard InChI is InChI=1S/C22H20N6OS/c1-27-19-17(20-21(27)26-18(30-20)8-15-6-3-7-24-15)11-25-28(22(19)29)12-14-5-2-4-13-9-23-10-16(13)14/h2-6,11,23H,7-10,12H2,1H3. The maximum Gasteiger partial charge on any atom is 0.291 e. The molecule has 5 heterocycles. The highest BCUT2D eigenvalue weighted by Gasteiger charge is 2.20. The number of aliphatic imine (C=N–C) groups is 1. The number of aromatic nitrogens is 4. The normalized spacial score (nSPS) is 15.4. The van der Waals surface area contributed by atoms with Crippen molar-refractivity contribution in [2.75, 3.05) is 6.54 Å². The molecule has 0 radical (unpaired) electrons. The summed E-state index contributed by atoms with van der Waals surface area (Å²) in [7, 11) is 1.91. The van der Waals surface area contributed by atoms with E-state index < -0.39 is 0 Å². The summed E-state index contributed by atoms with van der Waals surface area (Å²) < 4.78 is 4.50. The highest BCUT2D eigenvalue weighted by molar-refractivity contribution is 7.19. The Labute approximate surface area is 176 Å². The topological polar surface area (TPSA) is 77.1 Å². The van der Waals surface area contributed by atoms with Gasteiger partial charge in [-0.1, -0.05) is 24.3 Å². The number of fused-ring (bicyclic) bond motifs is 4. The van der Waals surface area contributed by atoms with E-state index in [4.69, 9.17) is 4.98 Å². The average molecular weight is 417 g/mol. The van der Waals surface area contributed by atoms with E-state index in [9.17, 15) is 4.79 Å². The van der Waals surface area contributed by atoms with Crippen molar-refractivity contribution in [3.63, 3.8) is 0 Å². The zero-order chi connectivity index (χ0) is 20.2. The number of hydrogen-bond acceptors (Lipinski definition) is 6. The minimum absolute atomic E-state index is 0.0755. The van der Waals surface area contributed by atoms with E-state index in [1.54, 1.807) is 16.0 Å². The summed E-state index contributed by atoms with van der Waals surface area (Å²) in [6.07, 6.45) is 6.66. The highest BCUT2D eigenvalue weighted by atomic mass is 32.1. The lowest BCUT2D eigenvalue weighted by Crippen LogP contribution is -2.25. The molecule has 0 atom stereocenters. The van der Waals surface area contributed by atoms with Gasteiger partial charge in [0.1, 0.15) is 10.5 Å². The number of thiazole rings is 1. The zero-order valence-electron chi connectivity index (χ0n) is 16.6. The SMILES string of the molecule is Cn1c2nc(CC3=NCC=C3)sc2c2cnn(Cc3cccc4c3CNC4)c(=O)c21. The van der Waals surface area contributed by atoms with E-state index in [0.717, 1.165) is 58.1 Å². The number of benzene rings is 1. The van der Waals surface area contributed by atoms with Gasteiger partial charge in [-0.05, 0) is 22.8 Å². The summed E-state index contributed by atoms with van der Waals surface area (Å²) in [5.74, 6) is 0. The first-order chi connectivity index (χ1) is 14.7. The summed E-state index contributed by atoms with van der Waals surface area (Å²) >= 11 is 1.63. The summed E-state index contributed by atoms with van der Waals surface area (Å²) in [6, 6.07) is 6.28. The number of aryl methyl sites for hydroxylation is 1. The van der Waals surface area contributed by atoms with Gasteiger partial charge < -0.3 is 9.88 Å². The van der Waals surface area contributed by atoms with Gasteiger partial charge in [0, 0.05) is 37.7 Å². The minimum Gasteiger partial charge on any atom is -0.323 e. The van der Waals surface area contributed by atoms with Gasteiger partial charge in [0.05, 0.1) is 24.0 Å². The van der Waals surface area contributed by atoms with Crippen molar-refractivity contribution < 1.29 is 0 Å². The van der Waals surface area contributed by atoms with E-state index in [1.165, 1.54) is 11.1 Å². The van der Waals surface area contributed by atoms with Crippen LogP contribution in [0, 0.1) is 0 Å². The van der Waals surface area contributed by atoms with Crippen LogP contribution < -0.4 is 10.9 Å².